The number of ether oxygens (including phenoxy) is 2. The van der Waals surface area contributed by atoms with E-state index in [0.717, 1.165) is 0 Å². The van der Waals surface area contributed by atoms with Gasteiger partial charge < -0.3 is 9.47 Å². The minimum Gasteiger partial charge on any atom is -0.495 e. The maximum Gasteiger partial charge on any atom is 0.138 e. The zero-order valence-corrected chi connectivity index (χ0v) is 23.4. The Morgan fingerprint density at radius 2 is 0.919 bits per heavy atom. The molecule has 2 unspecified atom stereocenters. The van der Waals surface area contributed by atoms with Crippen LogP contribution in [-0.4, -0.2) is 14.2 Å². The fraction of sp³-hybridized carbons (Fsp3) is 0.143. The van der Waals surface area contributed by atoms with E-state index in [1.54, 1.807) is 60.7 Å². The van der Waals surface area contributed by atoms with Crippen molar-refractivity contribution in [1.29, 1.82) is 0 Å². The maximum absolute atomic E-state index is 15.2. The summed E-state index contributed by atoms with van der Waals surface area (Å²) in [5.74, 6) is -0.144. The molecule has 0 heterocycles. The molecule has 4 aromatic carbocycles. The Bertz CT molecular complexity index is 1330. The minimum atomic E-state index is -0.710. The standard InChI is InChI=1S/C28H20Cl4F2O2S/c1-35-21-13-11-17(23(29)25(21)31)27(15-7-3-5-9-19(15)33)37-28(16-8-4-6-10-20(16)34)18-12-14-22(36-2)26(32)24(18)30/h3-14,27-28H,1-2H3. The Morgan fingerprint density at radius 3 is 1.27 bits per heavy atom. The summed E-state index contributed by atoms with van der Waals surface area (Å²) in [5, 5.41) is -0.633. The maximum atomic E-state index is 15.2. The Labute approximate surface area is 238 Å². The van der Waals surface area contributed by atoms with Gasteiger partial charge in [0.05, 0.1) is 34.8 Å². The summed E-state index contributed by atoms with van der Waals surface area (Å²) in [6.07, 6.45) is 0. The third-order valence-electron chi connectivity index (χ3n) is 5.81. The summed E-state index contributed by atoms with van der Waals surface area (Å²) in [6.45, 7) is 0. The predicted octanol–water partition coefficient (Wildman–Crippen LogP) is 10.2. The van der Waals surface area contributed by atoms with Gasteiger partial charge in [0.25, 0.3) is 0 Å². The lowest BCUT2D eigenvalue weighted by Gasteiger charge is -2.27. The van der Waals surface area contributed by atoms with Crippen LogP contribution in [0.1, 0.15) is 32.8 Å². The smallest absolute Gasteiger partial charge is 0.138 e. The van der Waals surface area contributed by atoms with Gasteiger partial charge in [-0.05, 0) is 35.4 Å². The molecule has 9 heteroatoms. The third-order valence-corrected chi connectivity index (χ3v) is 9.12. The van der Waals surface area contributed by atoms with E-state index in [4.69, 9.17) is 55.9 Å². The molecule has 0 spiro atoms. The number of halogens is 6. The van der Waals surface area contributed by atoms with E-state index < -0.39 is 22.1 Å². The lowest BCUT2D eigenvalue weighted by atomic mass is 10.0. The lowest BCUT2D eigenvalue weighted by molar-refractivity contribution is 0.415. The molecule has 0 fully saturated rings. The Hall–Kier alpha value is -2.15. The van der Waals surface area contributed by atoms with Gasteiger partial charge in [-0.15, -0.1) is 11.8 Å². The highest BCUT2D eigenvalue weighted by atomic mass is 35.5. The number of hydrogen-bond donors (Lipinski definition) is 0. The molecule has 4 aromatic rings. The second-order valence-electron chi connectivity index (χ2n) is 7.91. The van der Waals surface area contributed by atoms with Gasteiger partial charge >= 0.3 is 0 Å². The summed E-state index contributed by atoms with van der Waals surface area (Å²) in [6, 6.07) is 19.4. The van der Waals surface area contributed by atoms with Gasteiger partial charge in [0.15, 0.2) is 0 Å². The third kappa shape index (κ3) is 5.67. The first-order valence-corrected chi connectivity index (χ1v) is 13.4. The first-order valence-electron chi connectivity index (χ1n) is 11.0. The van der Waals surface area contributed by atoms with E-state index in [0.29, 0.717) is 33.8 Å². The van der Waals surface area contributed by atoms with Crippen LogP contribution in [0.15, 0.2) is 72.8 Å². The van der Waals surface area contributed by atoms with Crippen molar-refractivity contribution in [3.63, 3.8) is 0 Å². The average Bonchev–Trinajstić information content (AvgIpc) is 2.90. The molecule has 0 N–H and O–H groups in total. The van der Waals surface area contributed by atoms with Crippen molar-refractivity contribution in [3.05, 3.63) is 127 Å². The molecule has 0 aliphatic heterocycles. The van der Waals surface area contributed by atoms with Crippen LogP contribution in [0.3, 0.4) is 0 Å². The molecule has 2 nitrogen and oxygen atoms in total. The van der Waals surface area contributed by atoms with Crippen molar-refractivity contribution in [3.8, 4) is 11.5 Å². The van der Waals surface area contributed by atoms with Crippen LogP contribution < -0.4 is 9.47 Å². The molecule has 4 rings (SSSR count). The largest absolute Gasteiger partial charge is 0.495 e. The van der Waals surface area contributed by atoms with Gasteiger partial charge in [-0.1, -0.05) is 94.9 Å². The molecule has 2 atom stereocenters. The molecule has 37 heavy (non-hydrogen) atoms. The number of benzene rings is 4. The Kier molecular flexibility index (Phi) is 9.15. The molecule has 0 radical (unpaired) electrons. The van der Waals surface area contributed by atoms with Crippen LogP contribution in [0.2, 0.25) is 20.1 Å². The van der Waals surface area contributed by atoms with Gasteiger partial charge in [0.2, 0.25) is 0 Å². The molecule has 0 aromatic heterocycles. The molecule has 0 amide bonds. The van der Waals surface area contributed by atoms with E-state index in [1.807, 2.05) is 0 Å². The van der Waals surface area contributed by atoms with Gasteiger partial charge in [-0.3, -0.25) is 0 Å². The highest BCUT2D eigenvalue weighted by molar-refractivity contribution is 8.00. The van der Waals surface area contributed by atoms with Crippen molar-refractivity contribution in [2.45, 2.75) is 10.5 Å². The van der Waals surface area contributed by atoms with E-state index in [2.05, 4.69) is 0 Å². The monoisotopic (exact) mass is 598 g/mol. The van der Waals surface area contributed by atoms with Gasteiger partial charge in [-0.25, -0.2) is 8.78 Å². The van der Waals surface area contributed by atoms with E-state index in [-0.39, 0.29) is 20.1 Å². The SMILES string of the molecule is COc1ccc(C(SC(c2ccccc2F)c2ccc(OC)c(Cl)c2Cl)c2ccccc2F)c(Cl)c1Cl. The van der Waals surface area contributed by atoms with Crippen LogP contribution in [0.25, 0.3) is 0 Å². The van der Waals surface area contributed by atoms with Crippen LogP contribution in [0.4, 0.5) is 8.78 Å². The van der Waals surface area contributed by atoms with E-state index >= 15 is 8.78 Å². The fourth-order valence-electron chi connectivity index (χ4n) is 3.95. The number of rotatable bonds is 8. The first kappa shape index (κ1) is 27.9. The average molecular weight is 600 g/mol. The molecular formula is C28H20Cl4F2O2S. The second-order valence-corrected chi connectivity index (χ2v) is 10.6. The number of methoxy groups -OCH3 is 2. The van der Waals surface area contributed by atoms with Gasteiger partial charge in [0, 0.05) is 11.1 Å². The van der Waals surface area contributed by atoms with Crippen LogP contribution in [0, 0.1) is 11.6 Å². The van der Waals surface area contributed by atoms with Gasteiger partial charge in [0.1, 0.15) is 33.2 Å². The topological polar surface area (TPSA) is 18.5 Å². The highest BCUT2D eigenvalue weighted by Gasteiger charge is 2.31. The molecule has 0 aliphatic carbocycles. The quantitative estimate of drug-likeness (QED) is 0.201. The second kappa shape index (κ2) is 12.1. The van der Waals surface area contributed by atoms with Crippen molar-refractivity contribution in [2.24, 2.45) is 0 Å². The molecule has 0 saturated carbocycles. The minimum absolute atomic E-state index is 0.191. The van der Waals surface area contributed by atoms with Crippen molar-refractivity contribution in [2.75, 3.05) is 14.2 Å². The van der Waals surface area contributed by atoms with Crippen LogP contribution in [-0.2, 0) is 0 Å². The number of thioether (sulfide) groups is 1. The van der Waals surface area contributed by atoms with E-state index in [1.165, 1.54) is 38.1 Å². The summed E-state index contributed by atoms with van der Waals surface area (Å²) in [5.41, 5.74) is 1.74. The summed E-state index contributed by atoms with van der Waals surface area (Å²) >= 11 is 27.6. The number of hydrogen-bond acceptors (Lipinski definition) is 3. The van der Waals surface area contributed by atoms with Gasteiger partial charge in [-0.2, -0.15) is 0 Å². The van der Waals surface area contributed by atoms with Crippen molar-refractivity contribution >= 4 is 58.2 Å². The fourth-order valence-corrected chi connectivity index (χ4v) is 6.75. The van der Waals surface area contributed by atoms with Crippen LogP contribution in [0.5, 0.6) is 11.5 Å². The van der Waals surface area contributed by atoms with E-state index in [9.17, 15) is 0 Å². The Balaban J connectivity index is 1.95. The zero-order valence-electron chi connectivity index (χ0n) is 19.6. The first-order chi connectivity index (χ1) is 17.8. The molecule has 192 valence electrons. The van der Waals surface area contributed by atoms with Crippen molar-refractivity contribution in [1.82, 2.24) is 0 Å². The molecular weight excluding hydrogens is 580 g/mol. The lowest BCUT2D eigenvalue weighted by Crippen LogP contribution is -2.08. The zero-order chi connectivity index (χ0) is 26.7. The molecule has 0 saturated heterocycles. The summed E-state index contributed by atoms with van der Waals surface area (Å²) < 4.78 is 41.0. The van der Waals surface area contributed by atoms with Crippen LogP contribution >= 0.6 is 58.2 Å². The van der Waals surface area contributed by atoms with Crippen molar-refractivity contribution < 1.29 is 18.3 Å². The predicted molar refractivity (Wildman–Crippen MR) is 150 cm³/mol. The summed E-state index contributed by atoms with van der Waals surface area (Å²) in [7, 11) is 2.95. The molecule has 0 bridgehead atoms. The summed E-state index contributed by atoms with van der Waals surface area (Å²) in [4.78, 5) is 0. The highest BCUT2D eigenvalue weighted by Crippen LogP contribution is 2.53. The normalized spacial score (nSPS) is 12.8. The molecule has 0 aliphatic rings. The Morgan fingerprint density at radius 1 is 0.541 bits per heavy atom.